The topological polar surface area (TPSA) is 119 Å². The van der Waals surface area contributed by atoms with Crippen molar-refractivity contribution < 1.29 is 48.0 Å². The summed E-state index contributed by atoms with van der Waals surface area (Å²) in [6, 6.07) is 0. The number of carboxylic acid groups (broad SMARTS) is 1. The zero-order valence-corrected chi connectivity index (χ0v) is 14.8. The highest BCUT2D eigenvalue weighted by Gasteiger charge is 2.27. The fourth-order valence-electron chi connectivity index (χ4n) is 1.18. The molecule has 0 spiro atoms. The highest BCUT2D eigenvalue weighted by atomic mass is 20.0. The lowest BCUT2D eigenvalue weighted by molar-refractivity contribution is -0.161. The molecule has 2 N–H and O–H groups in total. The van der Waals surface area contributed by atoms with E-state index < -0.39 is 42.0 Å². The van der Waals surface area contributed by atoms with Crippen LogP contribution in [0, 0.1) is 11.3 Å². The lowest BCUT2D eigenvalue weighted by Crippen LogP contribution is -2.31. The standard InChI is InChI=1S/C15H26O8.F2/c1-5-15(3,4)14(20)23-8-11(16)7-22-12(17)9-21-6-10(2)13(18)19;1-2/h10-11,16H,5-9H2,1-4H3,(H,18,19);. The third-order valence-corrected chi connectivity index (χ3v) is 3.29. The van der Waals surface area contributed by atoms with Crippen LogP contribution in [0.5, 0.6) is 0 Å². The van der Waals surface area contributed by atoms with Crippen molar-refractivity contribution in [1.82, 2.24) is 0 Å². The fourth-order valence-corrected chi connectivity index (χ4v) is 1.18. The molecule has 0 aromatic heterocycles. The van der Waals surface area contributed by atoms with Gasteiger partial charge in [0.05, 0.1) is 17.9 Å². The van der Waals surface area contributed by atoms with Crippen molar-refractivity contribution in [2.75, 3.05) is 26.4 Å². The molecule has 0 rings (SSSR count). The highest BCUT2D eigenvalue weighted by Crippen LogP contribution is 2.21. The van der Waals surface area contributed by atoms with Gasteiger partial charge in [-0.2, -0.15) is 0 Å². The Morgan fingerprint density at radius 1 is 1.08 bits per heavy atom. The Balaban J connectivity index is 0. The van der Waals surface area contributed by atoms with E-state index in [2.05, 4.69) is 0 Å². The predicted molar refractivity (Wildman–Crippen MR) is 81.8 cm³/mol. The van der Waals surface area contributed by atoms with Gasteiger partial charge >= 0.3 is 17.9 Å². The van der Waals surface area contributed by atoms with Crippen LogP contribution in [0.4, 0.5) is 9.15 Å². The minimum atomic E-state index is -1.13. The van der Waals surface area contributed by atoms with Gasteiger partial charge in [-0.05, 0) is 27.2 Å². The minimum absolute atomic E-state index is 0.114. The Morgan fingerprint density at radius 3 is 2.08 bits per heavy atom. The number of rotatable bonds is 11. The Hall–Kier alpha value is -1.81. The molecule has 0 heterocycles. The molecule has 0 aromatic rings. The number of ether oxygens (including phenoxy) is 3. The molecule has 0 saturated carbocycles. The summed E-state index contributed by atoms with van der Waals surface area (Å²) < 4.78 is 30.6. The van der Waals surface area contributed by atoms with Crippen LogP contribution < -0.4 is 0 Å². The van der Waals surface area contributed by atoms with Gasteiger partial charge < -0.3 is 24.4 Å². The minimum Gasteiger partial charge on any atom is -0.481 e. The number of carbonyl (C=O) groups is 3. The van der Waals surface area contributed by atoms with Crippen LogP contribution in [-0.2, 0) is 28.6 Å². The molecule has 0 aliphatic carbocycles. The zero-order chi connectivity index (χ0) is 20.0. The van der Waals surface area contributed by atoms with Gasteiger partial charge in [-0.1, -0.05) is 6.92 Å². The van der Waals surface area contributed by atoms with Crippen LogP contribution in [0.2, 0.25) is 0 Å². The van der Waals surface area contributed by atoms with Crippen LogP contribution in [0.15, 0.2) is 0 Å². The van der Waals surface area contributed by atoms with Crippen molar-refractivity contribution in [3.05, 3.63) is 0 Å². The maximum Gasteiger partial charge on any atom is 0.332 e. The number of carboxylic acids is 1. The van der Waals surface area contributed by atoms with E-state index in [9.17, 15) is 19.5 Å². The fraction of sp³-hybridized carbons (Fsp3) is 0.800. The highest BCUT2D eigenvalue weighted by molar-refractivity contribution is 5.75. The van der Waals surface area contributed by atoms with Gasteiger partial charge in [0.15, 0.2) is 0 Å². The molecule has 0 bridgehead atoms. The number of aliphatic hydroxyl groups excluding tert-OH is 1. The first kappa shape index (κ1) is 25.4. The van der Waals surface area contributed by atoms with Gasteiger partial charge in [-0.15, -0.1) is 0 Å². The molecular formula is C15H26F2O8. The van der Waals surface area contributed by atoms with Crippen LogP contribution in [0.25, 0.3) is 0 Å². The van der Waals surface area contributed by atoms with Gasteiger partial charge in [0.25, 0.3) is 0 Å². The van der Waals surface area contributed by atoms with E-state index in [4.69, 9.17) is 28.5 Å². The van der Waals surface area contributed by atoms with Gasteiger partial charge in [0, 0.05) is 9.15 Å². The number of hydrogen-bond acceptors (Lipinski definition) is 7. The van der Waals surface area contributed by atoms with Gasteiger partial charge in [0.1, 0.15) is 25.9 Å². The van der Waals surface area contributed by atoms with E-state index in [1.54, 1.807) is 13.8 Å². The number of aliphatic carboxylic acids is 1. The van der Waals surface area contributed by atoms with Crippen LogP contribution in [0.1, 0.15) is 34.1 Å². The normalized spacial score (nSPS) is 13.1. The molecule has 0 aromatic carbocycles. The second-order valence-electron chi connectivity index (χ2n) is 5.93. The number of esters is 2. The van der Waals surface area contributed by atoms with Crippen molar-refractivity contribution in [3.63, 3.8) is 0 Å². The quantitative estimate of drug-likeness (QED) is 0.523. The van der Waals surface area contributed by atoms with E-state index in [-0.39, 0.29) is 19.8 Å². The molecule has 25 heavy (non-hydrogen) atoms. The van der Waals surface area contributed by atoms with E-state index in [0.717, 1.165) is 0 Å². The summed E-state index contributed by atoms with van der Waals surface area (Å²) in [5.41, 5.74) is -0.634. The summed E-state index contributed by atoms with van der Waals surface area (Å²) in [5.74, 6) is -2.92. The Bertz CT molecular complexity index is 414. The molecule has 0 amide bonds. The Labute approximate surface area is 144 Å². The van der Waals surface area contributed by atoms with Crippen molar-refractivity contribution in [3.8, 4) is 0 Å². The van der Waals surface area contributed by atoms with Crippen LogP contribution >= 0.6 is 0 Å². The second-order valence-corrected chi connectivity index (χ2v) is 5.93. The summed E-state index contributed by atoms with van der Waals surface area (Å²) in [5, 5.41) is 18.2. The SMILES string of the molecule is CCC(C)(C)C(=O)OCC(O)COC(=O)COCC(C)C(=O)O.FF. The maximum atomic E-state index is 11.7. The first-order valence-corrected chi connectivity index (χ1v) is 7.55. The molecule has 8 nitrogen and oxygen atoms in total. The maximum absolute atomic E-state index is 11.7. The second kappa shape index (κ2) is 13.5. The van der Waals surface area contributed by atoms with Crippen LogP contribution in [-0.4, -0.2) is 60.7 Å². The van der Waals surface area contributed by atoms with Crippen molar-refractivity contribution >= 4 is 17.9 Å². The summed E-state index contributed by atoms with van der Waals surface area (Å²) in [4.78, 5) is 33.6. The average Bonchev–Trinajstić information content (AvgIpc) is 2.59. The molecule has 2 unspecified atom stereocenters. The third-order valence-electron chi connectivity index (χ3n) is 3.29. The Morgan fingerprint density at radius 2 is 1.60 bits per heavy atom. The number of halogens is 2. The lowest BCUT2D eigenvalue weighted by Gasteiger charge is -2.21. The first-order valence-electron chi connectivity index (χ1n) is 7.55. The van der Waals surface area contributed by atoms with Crippen molar-refractivity contribution in [2.45, 2.75) is 40.2 Å². The number of carbonyl (C=O) groups excluding carboxylic acids is 2. The molecule has 0 saturated heterocycles. The average molecular weight is 372 g/mol. The number of aliphatic hydroxyl groups is 1. The molecule has 0 radical (unpaired) electrons. The monoisotopic (exact) mass is 372 g/mol. The lowest BCUT2D eigenvalue weighted by atomic mass is 9.91. The predicted octanol–water partition coefficient (Wildman–Crippen LogP) is 1.45. The summed E-state index contributed by atoms with van der Waals surface area (Å²) in [7, 11) is 0. The van der Waals surface area contributed by atoms with Gasteiger partial charge in [0.2, 0.25) is 0 Å². The smallest absolute Gasteiger partial charge is 0.332 e. The zero-order valence-electron chi connectivity index (χ0n) is 14.8. The first-order chi connectivity index (χ1) is 11.6. The largest absolute Gasteiger partial charge is 0.481 e. The van der Waals surface area contributed by atoms with Gasteiger partial charge in [-0.25, -0.2) is 4.79 Å². The van der Waals surface area contributed by atoms with Crippen molar-refractivity contribution in [2.24, 2.45) is 11.3 Å². The summed E-state index contributed by atoms with van der Waals surface area (Å²) in [6.45, 7) is 5.63. The molecule has 10 heteroatoms. The molecule has 0 aliphatic heterocycles. The van der Waals surface area contributed by atoms with E-state index in [1.807, 2.05) is 6.92 Å². The summed E-state index contributed by atoms with van der Waals surface area (Å²) >= 11 is 0. The third kappa shape index (κ3) is 12.2. The molecule has 0 fully saturated rings. The number of hydrogen-bond donors (Lipinski definition) is 2. The Kier molecular flexibility index (Phi) is 13.7. The van der Waals surface area contributed by atoms with E-state index in [0.29, 0.717) is 6.42 Å². The molecule has 148 valence electrons. The van der Waals surface area contributed by atoms with E-state index >= 15 is 0 Å². The van der Waals surface area contributed by atoms with Crippen molar-refractivity contribution in [1.29, 1.82) is 0 Å². The molecular weight excluding hydrogens is 346 g/mol. The van der Waals surface area contributed by atoms with Crippen LogP contribution in [0.3, 0.4) is 0 Å². The summed E-state index contributed by atoms with van der Waals surface area (Å²) in [6.07, 6.45) is -0.531. The van der Waals surface area contributed by atoms with E-state index in [1.165, 1.54) is 6.92 Å². The molecule has 2 atom stereocenters. The van der Waals surface area contributed by atoms with Gasteiger partial charge in [-0.3, -0.25) is 9.59 Å². The molecule has 0 aliphatic rings.